The van der Waals surface area contributed by atoms with E-state index in [0.29, 0.717) is 5.41 Å². The average molecular weight is 282 g/mol. The first kappa shape index (κ1) is 14.4. The smallest absolute Gasteiger partial charge is 0.0455 e. The van der Waals surface area contributed by atoms with Crippen molar-refractivity contribution < 1.29 is 0 Å². The van der Waals surface area contributed by atoms with Gasteiger partial charge in [0.15, 0.2) is 0 Å². The number of hydrogen-bond donors (Lipinski definition) is 1. The van der Waals surface area contributed by atoms with Gasteiger partial charge in [0.2, 0.25) is 0 Å². The van der Waals surface area contributed by atoms with Crippen molar-refractivity contribution in [2.45, 2.75) is 40.7 Å². The number of nitrogens with one attached hydrogen (secondary N) is 1. The van der Waals surface area contributed by atoms with Gasteiger partial charge in [-0.05, 0) is 61.9 Å². The van der Waals surface area contributed by atoms with E-state index >= 15 is 0 Å². The van der Waals surface area contributed by atoms with E-state index in [1.807, 2.05) is 0 Å². The summed E-state index contributed by atoms with van der Waals surface area (Å²) < 4.78 is 2.35. The Balaban J connectivity index is 1.70. The van der Waals surface area contributed by atoms with Gasteiger partial charge in [0.1, 0.15) is 0 Å². The summed E-state index contributed by atoms with van der Waals surface area (Å²) in [6, 6.07) is 12.9. The number of para-hydroxylation sites is 1. The molecule has 0 radical (unpaired) electrons. The number of aryl methyl sites for hydroxylation is 1. The molecule has 1 N–H and O–H groups in total. The third-order valence-corrected chi connectivity index (χ3v) is 4.97. The molecule has 0 saturated heterocycles. The molecule has 1 saturated carbocycles. The highest BCUT2D eigenvalue weighted by Crippen LogP contribution is 2.51. The molecule has 0 amide bonds. The van der Waals surface area contributed by atoms with Crippen molar-refractivity contribution in [2.75, 3.05) is 6.54 Å². The lowest BCUT2D eigenvalue weighted by molar-refractivity contribution is 0.519. The molecule has 3 rings (SSSR count). The van der Waals surface area contributed by atoms with E-state index in [4.69, 9.17) is 0 Å². The predicted molar refractivity (Wildman–Crippen MR) is 88.8 cm³/mol. The number of benzene rings is 1. The van der Waals surface area contributed by atoms with Crippen LogP contribution in [0.1, 0.15) is 37.2 Å². The van der Waals surface area contributed by atoms with E-state index in [2.05, 4.69) is 74.0 Å². The summed E-state index contributed by atoms with van der Waals surface area (Å²) in [5, 5.41) is 3.64. The lowest BCUT2D eigenvalue weighted by Crippen LogP contribution is -2.18. The van der Waals surface area contributed by atoms with Crippen molar-refractivity contribution in [2.24, 2.45) is 11.3 Å². The molecular weight excluding hydrogens is 256 g/mol. The van der Waals surface area contributed by atoms with E-state index in [1.165, 1.54) is 29.1 Å². The topological polar surface area (TPSA) is 17.0 Å². The fourth-order valence-corrected chi connectivity index (χ4v) is 3.29. The molecule has 0 bridgehead atoms. The molecule has 1 aromatic carbocycles. The Morgan fingerprint density at radius 2 is 1.86 bits per heavy atom. The van der Waals surface area contributed by atoms with Gasteiger partial charge >= 0.3 is 0 Å². The van der Waals surface area contributed by atoms with Crippen LogP contribution in [0.4, 0.5) is 0 Å². The van der Waals surface area contributed by atoms with E-state index in [0.717, 1.165) is 19.0 Å². The maximum atomic E-state index is 3.64. The van der Waals surface area contributed by atoms with Crippen LogP contribution in [0.15, 0.2) is 36.4 Å². The second-order valence-corrected chi connectivity index (χ2v) is 7.09. The molecule has 1 aliphatic carbocycles. The van der Waals surface area contributed by atoms with E-state index in [-0.39, 0.29) is 0 Å². The molecule has 1 fully saturated rings. The molecule has 2 heteroatoms. The van der Waals surface area contributed by atoms with Gasteiger partial charge in [0.25, 0.3) is 0 Å². The Kier molecular flexibility index (Phi) is 3.66. The van der Waals surface area contributed by atoms with Crippen LogP contribution in [0.3, 0.4) is 0 Å². The quantitative estimate of drug-likeness (QED) is 0.868. The van der Waals surface area contributed by atoms with Crippen molar-refractivity contribution in [1.82, 2.24) is 9.88 Å². The minimum Gasteiger partial charge on any atom is -0.318 e. The summed E-state index contributed by atoms with van der Waals surface area (Å²) in [4.78, 5) is 0. The molecule has 2 aromatic rings. The van der Waals surface area contributed by atoms with Gasteiger partial charge in [-0.25, -0.2) is 0 Å². The van der Waals surface area contributed by atoms with Gasteiger partial charge < -0.3 is 9.88 Å². The summed E-state index contributed by atoms with van der Waals surface area (Å²) in [5.41, 5.74) is 5.88. The van der Waals surface area contributed by atoms with Crippen LogP contribution in [0.5, 0.6) is 0 Å². The first-order valence-corrected chi connectivity index (χ1v) is 7.93. The number of nitrogens with zero attached hydrogens (tertiary/aromatic N) is 1. The molecule has 0 spiro atoms. The third kappa shape index (κ3) is 2.91. The Bertz CT molecular complexity index is 623. The molecule has 112 valence electrons. The van der Waals surface area contributed by atoms with Crippen molar-refractivity contribution in [1.29, 1.82) is 0 Å². The van der Waals surface area contributed by atoms with Crippen molar-refractivity contribution in [3.05, 3.63) is 53.3 Å². The fraction of sp³-hybridized carbons (Fsp3) is 0.474. The van der Waals surface area contributed by atoms with Gasteiger partial charge in [-0.15, -0.1) is 0 Å². The second kappa shape index (κ2) is 5.34. The minimum atomic E-state index is 0.563. The zero-order chi connectivity index (χ0) is 15.0. The largest absolute Gasteiger partial charge is 0.318 e. The number of aromatic nitrogens is 1. The Morgan fingerprint density at radius 3 is 2.48 bits per heavy atom. The lowest BCUT2D eigenvalue weighted by atomic mass is 10.1. The SMILES string of the molecule is Cc1cc(CNCC2CC2(C)C)c(C)n1-c1ccccc1. The molecular formula is C19H26N2. The van der Waals surface area contributed by atoms with Crippen LogP contribution in [-0.4, -0.2) is 11.1 Å². The molecule has 2 nitrogen and oxygen atoms in total. The van der Waals surface area contributed by atoms with Crippen LogP contribution in [0.2, 0.25) is 0 Å². The summed E-state index contributed by atoms with van der Waals surface area (Å²) in [7, 11) is 0. The molecule has 1 aliphatic rings. The Hall–Kier alpha value is -1.54. The predicted octanol–water partition coefficient (Wildman–Crippen LogP) is 4.23. The standard InChI is InChI=1S/C19H26N2/c1-14-10-16(12-20-13-17-11-19(17,3)4)15(2)21(14)18-8-6-5-7-9-18/h5-10,17,20H,11-13H2,1-4H3. The molecule has 0 aliphatic heterocycles. The summed E-state index contributed by atoms with van der Waals surface area (Å²) in [6.07, 6.45) is 1.36. The molecule has 1 heterocycles. The molecule has 21 heavy (non-hydrogen) atoms. The highest BCUT2D eigenvalue weighted by molar-refractivity contribution is 5.40. The summed E-state index contributed by atoms with van der Waals surface area (Å²) >= 11 is 0. The Labute approximate surface area is 128 Å². The molecule has 1 atom stereocenters. The van der Waals surface area contributed by atoms with Gasteiger partial charge in [0, 0.05) is 23.6 Å². The summed E-state index contributed by atoms with van der Waals surface area (Å²) in [6.45, 7) is 11.2. The monoisotopic (exact) mass is 282 g/mol. The van der Waals surface area contributed by atoms with E-state index < -0.39 is 0 Å². The van der Waals surface area contributed by atoms with Crippen LogP contribution in [0.25, 0.3) is 5.69 Å². The lowest BCUT2D eigenvalue weighted by Gasteiger charge is -2.10. The number of hydrogen-bond acceptors (Lipinski definition) is 1. The zero-order valence-corrected chi connectivity index (χ0v) is 13.6. The highest BCUT2D eigenvalue weighted by Gasteiger charge is 2.44. The zero-order valence-electron chi connectivity index (χ0n) is 13.6. The van der Waals surface area contributed by atoms with Crippen molar-refractivity contribution in [3.63, 3.8) is 0 Å². The Morgan fingerprint density at radius 1 is 1.19 bits per heavy atom. The fourth-order valence-electron chi connectivity index (χ4n) is 3.29. The maximum absolute atomic E-state index is 3.64. The van der Waals surface area contributed by atoms with Gasteiger partial charge in [0.05, 0.1) is 0 Å². The van der Waals surface area contributed by atoms with E-state index in [1.54, 1.807) is 0 Å². The van der Waals surface area contributed by atoms with Crippen LogP contribution < -0.4 is 5.32 Å². The first-order valence-electron chi connectivity index (χ1n) is 7.93. The minimum absolute atomic E-state index is 0.563. The maximum Gasteiger partial charge on any atom is 0.0455 e. The van der Waals surface area contributed by atoms with Gasteiger partial charge in [-0.1, -0.05) is 32.0 Å². The van der Waals surface area contributed by atoms with E-state index in [9.17, 15) is 0 Å². The van der Waals surface area contributed by atoms with Crippen molar-refractivity contribution >= 4 is 0 Å². The number of rotatable bonds is 5. The van der Waals surface area contributed by atoms with Crippen LogP contribution in [0, 0.1) is 25.2 Å². The van der Waals surface area contributed by atoms with Gasteiger partial charge in [-0.2, -0.15) is 0 Å². The molecule has 1 unspecified atom stereocenters. The van der Waals surface area contributed by atoms with Crippen LogP contribution in [-0.2, 0) is 6.54 Å². The highest BCUT2D eigenvalue weighted by atomic mass is 15.0. The first-order chi connectivity index (χ1) is 9.99. The second-order valence-electron chi connectivity index (χ2n) is 7.09. The van der Waals surface area contributed by atoms with Crippen molar-refractivity contribution in [3.8, 4) is 5.69 Å². The molecule has 1 aromatic heterocycles. The third-order valence-electron chi connectivity index (χ3n) is 4.97. The average Bonchev–Trinajstić information content (AvgIpc) is 2.95. The normalized spacial score (nSPS) is 19.7. The summed E-state index contributed by atoms with van der Waals surface area (Å²) in [5.74, 6) is 0.857. The van der Waals surface area contributed by atoms with Crippen LogP contribution >= 0.6 is 0 Å². The van der Waals surface area contributed by atoms with Gasteiger partial charge in [-0.3, -0.25) is 0 Å².